The summed E-state index contributed by atoms with van der Waals surface area (Å²) >= 11 is 3.73. The van der Waals surface area contributed by atoms with E-state index in [2.05, 4.69) is 44.1 Å². The smallest absolute Gasteiger partial charge is 0.317 e. The maximum Gasteiger partial charge on any atom is 0.317 e. The molecule has 1 fully saturated rings. The molecule has 31 heavy (non-hydrogen) atoms. The number of H-pyrrole nitrogens is 1. The van der Waals surface area contributed by atoms with Crippen molar-refractivity contribution < 1.29 is 9.59 Å². The molecule has 2 aliphatic rings. The van der Waals surface area contributed by atoms with Crippen LogP contribution in [0.3, 0.4) is 0 Å². The molecule has 168 valence electrons. The fraction of sp³-hybridized carbons (Fsp3) is 0.583. The van der Waals surface area contributed by atoms with Crippen molar-refractivity contribution in [3.8, 4) is 0 Å². The van der Waals surface area contributed by atoms with Crippen LogP contribution >= 0.6 is 15.9 Å². The monoisotopic (exact) mass is 488 g/mol. The molecule has 0 saturated carbocycles. The number of urea groups is 1. The van der Waals surface area contributed by atoms with Gasteiger partial charge in [-0.05, 0) is 85.8 Å². The first kappa shape index (κ1) is 22.3. The number of hydrogen-bond acceptors (Lipinski definition) is 3. The van der Waals surface area contributed by atoms with Crippen LogP contribution in [-0.2, 0) is 6.42 Å². The number of benzene rings is 1. The van der Waals surface area contributed by atoms with Crippen LogP contribution in [0.25, 0.3) is 10.9 Å². The molecule has 1 aromatic carbocycles. The molecule has 4 rings (SSSR count). The van der Waals surface area contributed by atoms with E-state index in [0.717, 1.165) is 48.0 Å². The lowest BCUT2D eigenvalue weighted by molar-refractivity contribution is 0.0976. The van der Waals surface area contributed by atoms with Gasteiger partial charge in [-0.1, -0.05) is 6.92 Å². The molecule has 2 heterocycles. The van der Waals surface area contributed by atoms with Crippen LogP contribution in [0.4, 0.5) is 4.79 Å². The van der Waals surface area contributed by atoms with Crippen LogP contribution in [0, 0.1) is 0 Å². The standard InChI is InChI=1S/C24H33BrN4O2/c1-5-8-29-13-16(26-24(31)28(6-2)7-3)11-17-18-9-15(14(4)30)10-20-22(18)19(12-21(17)29)23(25)27-20/h9-10,16-17,21,27H,5-8,11-13H2,1-4H3,(H,26,31)/t16-,17?,21+/m0/s1. The fourth-order valence-electron chi connectivity index (χ4n) is 5.54. The SMILES string of the molecule is CCCN1C[C@@H](NC(=O)N(CC)CC)CC2c3cc(C(C)=O)cc4[nH]c(Br)c(c34)C[C@H]21. The highest BCUT2D eigenvalue weighted by Gasteiger charge is 2.42. The van der Waals surface area contributed by atoms with Crippen molar-refractivity contribution in [3.63, 3.8) is 0 Å². The number of amides is 2. The van der Waals surface area contributed by atoms with Gasteiger partial charge in [-0.3, -0.25) is 9.69 Å². The Hall–Kier alpha value is -1.86. The number of aromatic amines is 1. The second-order valence-corrected chi connectivity index (χ2v) is 9.68. The summed E-state index contributed by atoms with van der Waals surface area (Å²) in [5, 5.41) is 4.56. The summed E-state index contributed by atoms with van der Waals surface area (Å²) in [5.74, 6) is 0.374. The van der Waals surface area contributed by atoms with Crippen molar-refractivity contribution in [1.29, 1.82) is 0 Å². The molecule has 7 heteroatoms. The summed E-state index contributed by atoms with van der Waals surface area (Å²) in [6.45, 7) is 11.2. The highest BCUT2D eigenvalue weighted by Crippen LogP contribution is 2.46. The van der Waals surface area contributed by atoms with Gasteiger partial charge in [-0.2, -0.15) is 0 Å². The molecule has 1 aliphatic carbocycles. The zero-order chi connectivity index (χ0) is 22.3. The lowest BCUT2D eigenvalue weighted by Crippen LogP contribution is -2.57. The molecule has 2 aromatic rings. The van der Waals surface area contributed by atoms with E-state index in [4.69, 9.17) is 0 Å². The number of Topliss-reactive ketones (excluding diaryl/α,β-unsaturated/α-hetero) is 1. The van der Waals surface area contributed by atoms with Gasteiger partial charge in [0.1, 0.15) is 0 Å². The third-order valence-corrected chi connectivity index (χ3v) is 7.69. The van der Waals surface area contributed by atoms with Crippen LogP contribution < -0.4 is 5.32 Å². The lowest BCUT2D eigenvalue weighted by Gasteiger charge is -2.47. The predicted octanol–water partition coefficient (Wildman–Crippen LogP) is 4.68. The first-order chi connectivity index (χ1) is 14.9. The fourth-order valence-corrected chi connectivity index (χ4v) is 6.12. The first-order valence-corrected chi connectivity index (χ1v) is 12.3. The Bertz CT molecular complexity index is 997. The number of piperidine rings is 1. The van der Waals surface area contributed by atoms with Gasteiger partial charge in [-0.25, -0.2) is 4.79 Å². The van der Waals surface area contributed by atoms with Crippen LogP contribution in [0.15, 0.2) is 16.7 Å². The van der Waals surface area contributed by atoms with Gasteiger partial charge in [0.2, 0.25) is 0 Å². The Morgan fingerprint density at radius 1 is 1.26 bits per heavy atom. The summed E-state index contributed by atoms with van der Waals surface area (Å²) < 4.78 is 1.02. The van der Waals surface area contributed by atoms with Crippen molar-refractivity contribution in [2.24, 2.45) is 0 Å². The first-order valence-electron chi connectivity index (χ1n) is 11.5. The summed E-state index contributed by atoms with van der Waals surface area (Å²) in [5.41, 5.74) is 4.34. The molecular formula is C24H33BrN4O2. The topological polar surface area (TPSA) is 68.4 Å². The Morgan fingerprint density at radius 3 is 2.65 bits per heavy atom. The minimum atomic E-state index is 0.0217. The molecule has 1 aliphatic heterocycles. The van der Waals surface area contributed by atoms with E-state index >= 15 is 0 Å². The van der Waals surface area contributed by atoms with E-state index in [-0.39, 0.29) is 17.9 Å². The van der Waals surface area contributed by atoms with Gasteiger partial charge < -0.3 is 15.2 Å². The van der Waals surface area contributed by atoms with Gasteiger partial charge in [-0.15, -0.1) is 0 Å². The quantitative estimate of drug-likeness (QED) is 0.580. The third-order valence-electron chi connectivity index (χ3n) is 7.02. The molecule has 2 N–H and O–H groups in total. The third kappa shape index (κ3) is 4.02. The molecular weight excluding hydrogens is 456 g/mol. The van der Waals surface area contributed by atoms with Crippen molar-refractivity contribution >= 4 is 38.6 Å². The molecule has 0 spiro atoms. The van der Waals surface area contributed by atoms with Crippen molar-refractivity contribution in [1.82, 2.24) is 20.1 Å². The Morgan fingerprint density at radius 2 is 2.00 bits per heavy atom. The summed E-state index contributed by atoms with van der Waals surface area (Å²) in [6.07, 6.45) is 2.95. The van der Waals surface area contributed by atoms with Crippen LogP contribution in [-0.4, -0.2) is 64.9 Å². The zero-order valence-corrected chi connectivity index (χ0v) is 20.5. The highest BCUT2D eigenvalue weighted by atomic mass is 79.9. The number of nitrogens with zero attached hydrogens (tertiary/aromatic N) is 2. The molecule has 0 bridgehead atoms. The highest BCUT2D eigenvalue weighted by molar-refractivity contribution is 9.10. The van der Waals surface area contributed by atoms with E-state index in [1.165, 1.54) is 16.5 Å². The van der Waals surface area contributed by atoms with Gasteiger partial charge in [0.15, 0.2) is 5.78 Å². The number of carbonyl (C=O) groups is 2. The second-order valence-electron chi connectivity index (χ2n) is 8.89. The van der Waals surface area contributed by atoms with Gasteiger partial charge in [0.05, 0.1) is 4.60 Å². The number of ketones is 1. The van der Waals surface area contributed by atoms with Crippen LogP contribution in [0.2, 0.25) is 0 Å². The molecule has 2 amide bonds. The minimum Gasteiger partial charge on any atom is -0.349 e. The Balaban J connectivity index is 1.73. The zero-order valence-electron chi connectivity index (χ0n) is 18.9. The van der Waals surface area contributed by atoms with E-state index in [9.17, 15) is 9.59 Å². The van der Waals surface area contributed by atoms with Crippen molar-refractivity contribution in [2.45, 2.75) is 65.0 Å². The normalized spacial score (nSPS) is 22.9. The molecule has 1 aromatic heterocycles. The second kappa shape index (κ2) is 8.94. The average molecular weight is 489 g/mol. The Kier molecular flexibility index (Phi) is 6.44. The number of likely N-dealkylation sites (tertiary alicyclic amines) is 1. The van der Waals surface area contributed by atoms with Crippen molar-refractivity contribution in [2.75, 3.05) is 26.2 Å². The molecule has 3 atom stereocenters. The number of nitrogens with one attached hydrogen (secondary N) is 2. The number of hydrogen-bond donors (Lipinski definition) is 2. The average Bonchev–Trinajstić information content (AvgIpc) is 3.05. The maximum atomic E-state index is 12.8. The predicted molar refractivity (Wildman–Crippen MR) is 128 cm³/mol. The summed E-state index contributed by atoms with van der Waals surface area (Å²) in [4.78, 5) is 32.9. The number of carbonyl (C=O) groups excluding carboxylic acids is 2. The van der Waals surface area contributed by atoms with E-state index in [0.29, 0.717) is 25.0 Å². The van der Waals surface area contributed by atoms with E-state index in [1.807, 2.05) is 24.8 Å². The number of rotatable bonds is 6. The number of fused-ring (bicyclic) bond motifs is 2. The van der Waals surface area contributed by atoms with E-state index < -0.39 is 0 Å². The van der Waals surface area contributed by atoms with Gasteiger partial charge >= 0.3 is 6.03 Å². The molecule has 6 nitrogen and oxygen atoms in total. The minimum absolute atomic E-state index is 0.0217. The molecule has 1 unspecified atom stereocenters. The maximum absolute atomic E-state index is 12.8. The van der Waals surface area contributed by atoms with Gasteiger partial charge in [0.25, 0.3) is 0 Å². The summed E-state index contributed by atoms with van der Waals surface area (Å²) in [6, 6.07) is 4.58. The Labute approximate surface area is 192 Å². The molecule has 1 saturated heterocycles. The number of aromatic nitrogens is 1. The summed E-state index contributed by atoms with van der Waals surface area (Å²) in [7, 11) is 0. The van der Waals surface area contributed by atoms with E-state index in [1.54, 1.807) is 6.92 Å². The van der Waals surface area contributed by atoms with Crippen LogP contribution in [0.1, 0.15) is 67.9 Å². The largest absolute Gasteiger partial charge is 0.349 e. The molecule has 0 radical (unpaired) electrons. The van der Waals surface area contributed by atoms with Gasteiger partial charge in [0, 0.05) is 54.1 Å². The van der Waals surface area contributed by atoms with Crippen LogP contribution in [0.5, 0.6) is 0 Å². The van der Waals surface area contributed by atoms with Crippen molar-refractivity contribution in [3.05, 3.63) is 33.4 Å². The lowest BCUT2D eigenvalue weighted by atomic mass is 9.73. The number of halogens is 1.